The van der Waals surface area contributed by atoms with Crippen molar-refractivity contribution in [2.45, 2.75) is 51.5 Å². The van der Waals surface area contributed by atoms with Crippen LogP contribution in [-0.2, 0) is 14.4 Å². The summed E-state index contributed by atoms with van der Waals surface area (Å²) < 4.78 is 0. The summed E-state index contributed by atoms with van der Waals surface area (Å²) >= 11 is 0. The van der Waals surface area contributed by atoms with E-state index in [4.69, 9.17) is 0 Å². The molecule has 1 atom stereocenters. The summed E-state index contributed by atoms with van der Waals surface area (Å²) in [6.45, 7) is 2.28. The van der Waals surface area contributed by atoms with Crippen LogP contribution < -0.4 is 10.6 Å². The second-order valence-corrected chi connectivity index (χ2v) is 6.14. The van der Waals surface area contributed by atoms with E-state index in [1.807, 2.05) is 0 Å². The molecular formula is C14H22N2O4. The molecule has 0 aromatic carbocycles. The zero-order valence-electron chi connectivity index (χ0n) is 11.8. The van der Waals surface area contributed by atoms with Crippen LogP contribution in [0.25, 0.3) is 0 Å². The molecule has 6 heteroatoms. The summed E-state index contributed by atoms with van der Waals surface area (Å²) in [7, 11) is 0. The van der Waals surface area contributed by atoms with E-state index in [0.717, 1.165) is 12.8 Å². The Labute approximate surface area is 118 Å². The standard InChI is InChI=1S/C14H22N2O4/c1-9-4-6-14(7-5-9,13(19)20)8-15-12(18)10-2-3-11(17)16-10/h9-10H,2-8H2,1H3,(H,15,18)(H,16,17)(H,19,20). The highest BCUT2D eigenvalue weighted by molar-refractivity contribution is 5.91. The van der Waals surface area contributed by atoms with Crippen molar-refractivity contribution in [3.63, 3.8) is 0 Å². The average molecular weight is 282 g/mol. The molecule has 2 fully saturated rings. The Bertz CT molecular complexity index is 413. The van der Waals surface area contributed by atoms with Crippen LogP contribution in [0.4, 0.5) is 0 Å². The first-order chi connectivity index (χ1) is 9.43. The SMILES string of the molecule is CC1CCC(CNC(=O)C2CCC(=O)N2)(C(=O)O)CC1. The maximum Gasteiger partial charge on any atom is 0.311 e. The van der Waals surface area contributed by atoms with Gasteiger partial charge >= 0.3 is 5.97 Å². The Morgan fingerprint density at radius 3 is 2.50 bits per heavy atom. The van der Waals surface area contributed by atoms with Crippen LogP contribution in [0.2, 0.25) is 0 Å². The van der Waals surface area contributed by atoms with Crippen molar-refractivity contribution in [3.8, 4) is 0 Å². The minimum atomic E-state index is -0.842. The van der Waals surface area contributed by atoms with Gasteiger partial charge < -0.3 is 15.7 Å². The second kappa shape index (κ2) is 5.81. The van der Waals surface area contributed by atoms with Crippen LogP contribution in [0.1, 0.15) is 45.4 Å². The van der Waals surface area contributed by atoms with Crippen molar-refractivity contribution in [2.24, 2.45) is 11.3 Å². The zero-order valence-corrected chi connectivity index (χ0v) is 11.8. The molecule has 112 valence electrons. The number of aliphatic carboxylic acids is 1. The van der Waals surface area contributed by atoms with Crippen molar-refractivity contribution in [2.75, 3.05) is 6.54 Å². The van der Waals surface area contributed by atoms with E-state index in [-0.39, 0.29) is 18.4 Å². The molecular weight excluding hydrogens is 260 g/mol. The number of nitrogens with one attached hydrogen (secondary N) is 2. The molecule has 20 heavy (non-hydrogen) atoms. The predicted molar refractivity (Wildman–Crippen MR) is 71.9 cm³/mol. The Balaban J connectivity index is 1.91. The van der Waals surface area contributed by atoms with Crippen LogP contribution in [0, 0.1) is 11.3 Å². The summed E-state index contributed by atoms with van der Waals surface area (Å²) in [4.78, 5) is 34.6. The first-order valence-electron chi connectivity index (χ1n) is 7.23. The molecule has 2 aliphatic rings. The number of carbonyl (C=O) groups is 3. The van der Waals surface area contributed by atoms with Gasteiger partial charge in [0.15, 0.2) is 0 Å². The van der Waals surface area contributed by atoms with Gasteiger partial charge in [-0.25, -0.2) is 0 Å². The molecule has 3 N–H and O–H groups in total. The molecule has 0 bridgehead atoms. The molecule has 1 saturated carbocycles. The van der Waals surface area contributed by atoms with Crippen LogP contribution in [0.3, 0.4) is 0 Å². The van der Waals surface area contributed by atoms with Gasteiger partial charge in [0.05, 0.1) is 5.41 Å². The fourth-order valence-corrected chi connectivity index (χ4v) is 2.97. The van der Waals surface area contributed by atoms with E-state index in [0.29, 0.717) is 31.6 Å². The molecule has 2 rings (SSSR count). The molecule has 1 heterocycles. The number of carboxylic acids is 1. The van der Waals surface area contributed by atoms with Crippen LogP contribution >= 0.6 is 0 Å². The number of amides is 2. The second-order valence-electron chi connectivity index (χ2n) is 6.14. The lowest BCUT2D eigenvalue weighted by Gasteiger charge is -2.36. The maximum atomic E-state index is 11.9. The van der Waals surface area contributed by atoms with Gasteiger partial charge in [-0.2, -0.15) is 0 Å². The monoisotopic (exact) mass is 282 g/mol. The largest absolute Gasteiger partial charge is 0.481 e. The fourth-order valence-electron chi connectivity index (χ4n) is 2.97. The van der Waals surface area contributed by atoms with Crippen molar-refractivity contribution in [1.82, 2.24) is 10.6 Å². The van der Waals surface area contributed by atoms with Gasteiger partial charge in [-0.15, -0.1) is 0 Å². The minimum Gasteiger partial charge on any atom is -0.481 e. The Morgan fingerprint density at radius 1 is 1.35 bits per heavy atom. The summed E-state index contributed by atoms with van der Waals surface area (Å²) in [5.41, 5.74) is -0.842. The number of rotatable bonds is 4. The van der Waals surface area contributed by atoms with Gasteiger partial charge in [-0.05, 0) is 38.0 Å². The van der Waals surface area contributed by atoms with Crippen LogP contribution in [-0.4, -0.2) is 35.5 Å². The van der Waals surface area contributed by atoms with Gasteiger partial charge in [0.25, 0.3) is 0 Å². The highest BCUT2D eigenvalue weighted by atomic mass is 16.4. The van der Waals surface area contributed by atoms with E-state index >= 15 is 0 Å². The first-order valence-corrected chi connectivity index (χ1v) is 7.23. The third-order valence-corrected chi connectivity index (χ3v) is 4.60. The number of carbonyl (C=O) groups excluding carboxylic acids is 2. The molecule has 1 aliphatic carbocycles. The molecule has 1 unspecified atom stereocenters. The van der Waals surface area contributed by atoms with E-state index in [2.05, 4.69) is 17.6 Å². The molecule has 0 aromatic rings. The minimum absolute atomic E-state index is 0.121. The summed E-state index contributed by atoms with van der Waals surface area (Å²) in [6, 6.07) is -0.504. The molecule has 1 aliphatic heterocycles. The predicted octanol–water partition coefficient (Wildman–Crippen LogP) is 0.662. The summed E-state index contributed by atoms with van der Waals surface area (Å²) in [5, 5.41) is 14.8. The Morgan fingerprint density at radius 2 is 2.00 bits per heavy atom. The van der Waals surface area contributed by atoms with Crippen molar-refractivity contribution in [3.05, 3.63) is 0 Å². The Kier molecular flexibility index (Phi) is 4.30. The van der Waals surface area contributed by atoms with Crippen LogP contribution in [0.5, 0.6) is 0 Å². The van der Waals surface area contributed by atoms with Gasteiger partial charge in [0, 0.05) is 13.0 Å². The topological polar surface area (TPSA) is 95.5 Å². The molecule has 2 amide bonds. The molecule has 0 aromatic heterocycles. The van der Waals surface area contributed by atoms with E-state index in [1.165, 1.54) is 0 Å². The number of carboxylic acid groups (broad SMARTS) is 1. The van der Waals surface area contributed by atoms with E-state index in [1.54, 1.807) is 0 Å². The lowest BCUT2D eigenvalue weighted by molar-refractivity contribution is -0.151. The molecule has 0 radical (unpaired) electrons. The van der Waals surface area contributed by atoms with Gasteiger partial charge in [-0.3, -0.25) is 14.4 Å². The van der Waals surface area contributed by atoms with Crippen LogP contribution in [0.15, 0.2) is 0 Å². The van der Waals surface area contributed by atoms with Gasteiger partial charge in [0.2, 0.25) is 11.8 Å². The van der Waals surface area contributed by atoms with Crippen molar-refractivity contribution >= 4 is 17.8 Å². The molecule has 1 saturated heterocycles. The number of hydrogen-bond acceptors (Lipinski definition) is 3. The smallest absolute Gasteiger partial charge is 0.311 e. The first kappa shape index (κ1) is 14.8. The fraction of sp³-hybridized carbons (Fsp3) is 0.786. The average Bonchev–Trinajstić information content (AvgIpc) is 2.84. The number of hydrogen-bond donors (Lipinski definition) is 3. The van der Waals surface area contributed by atoms with Gasteiger partial charge in [-0.1, -0.05) is 6.92 Å². The highest BCUT2D eigenvalue weighted by Crippen LogP contribution is 2.38. The van der Waals surface area contributed by atoms with E-state index < -0.39 is 17.4 Å². The highest BCUT2D eigenvalue weighted by Gasteiger charge is 2.42. The van der Waals surface area contributed by atoms with Gasteiger partial charge in [0.1, 0.15) is 6.04 Å². The zero-order chi connectivity index (χ0) is 14.8. The normalized spacial score (nSPS) is 33.5. The lowest BCUT2D eigenvalue weighted by Crippen LogP contribution is -2.49. The third kappa shape index (κ3) is 3.11. The maximum absolute atomic E-state index is 11.9. The quantitative estimate of drug-likeness (QED) is 0.706. The molecule has 0 spiro atoms. The van der Waals surface area contributed by atoms with Crippen molar-refractivity contribution in [1.29, 1.82) is 0 Å². The summed E-state index contributed by atoms with van der Waals surface area (Å²) in [6.07, 6.45) is 3.80. The summed E-state index contributed by atoms with van der Waals surface area (Å²) in [5.74, 6) is -0.674. The Hall–Kier alpha value is -1.59. The van der Waals surface area contributed by atoms with E-state index in [9.17, 15) is 19.5 Å². The lowest BCUT2D eigenvalue weighted by atomic mass is 9.71. The molecule has 6 nitrogen and oxygen atoms in total. The van der Waals surface area contributed by atoms with Crippen molar-refractivity contribution < 1.29 is 19.5 Å². The third-order valence-electron chi connectivity index (χ3n) is 4.60.